The molecule has 178 valence electrons. The average molecular weight is 474 g/mol. The van der Waals surface area contributed by atoms with Crippen molar-refractivity contribution in [3.05, 3.63) is 65.2 Å². The number of carbonyl (C=O) groups excluding carboxylic acids is 2. The molecule has 0 unspecified atom stereocenters. The molecule has 1 aliphatic heterocycles. The number of amides is 2. The third-order valence-corrected chi connectivity index (χ3v) is 7.55. The van der Waals surface area contributed by atoms with E-state index < -0.39 is 22.0 Å². The predicted octanol–water partition coefficient (Wildman–Crippen LogP) is 2.09. The molecule has 8 nitrogen and oxygen atoms in total. The monoisotopic (exact) mass is 473 g/mol. The van der Waals surface area contributed by atoms with Crippen LogP contribution >= 0.6 is 0 Å². The van der Waals surface area contributed by atoms with Gasteiger partial charge in [-0.15, -0.1) is 0 Å². The van der Waals surface area contributed by atoms with Crippen molar-refractivity contribution in [1.82, 2.24) is 14.9 Å². The van der Waals surface area contributed by atoms with Gasteiger partial charge in [0, 0.05) is 25.2 Å². The standard InChI is InChI=1S/C24H31N3O5S/c1-17(2)22(24(29)25-16-20-8-5-4-7-18(20)3)26-23(28)19-9-6-10-21(15-19)33(30,31)27-11-13-32-14-12-27/h4-10,15,17,22H,11-14,16H2,1-3H3,(H,25,29)(H,26,28)/t22-/m0/s1. The lowest BCUT2D eigenvalue weighted by Gasteiger charge is -2.26. The van der Waals surface area contributed by atoms with Crippen molar-refractivity contribution in [2.45, 2.75) is 38.3 Å². The fourth-order valence-electron chi connectivity index (χ4n) is 3.59. The summed E-state index contributed by atoms with van der Waals surface area (Å²) in [5.74, 6) is -0.955. The molecule has 0 radical (unpaired) electrons. The number of rotatable bonds is 8. The molecule has 0 spiro atoms. The van der Waals surface area contributed by atoms with E-state index in [1.807, 2.05) is 45.0 Å². The number of morpholine rings is 1. The molecule has 1 aliphatic rings. The van der Waals surface area contributed by atoms with Gasteiger partial charge in [0.15, 0.2) is 0 Å². The molecule has 33 heavy (non-hydrogen) atoms. The maximum atomic E-state index is 12.9. The number of nitrogens with zero attached hydrogens (tertiary/aromatic N) is 1. The van der Waals surface area contributed by atoms with E-state index in [2.05, 4.69) is 10.6 Å². The number of benzene rings is 2. The molecule has 0 saturated carbocycles. The van der Waals surface area contributed by atoms with Crippen LogP contribution in [-0.2, 0) is 26.1 Å². The van der Waals surface area contributed by atoms with E-state index in [4.69, 9.17) is 4.74 Å². The van der Waals surface area contributed by atoms with Crippen molar-refractivity contribution < 1.29 is 22.7 Å². The molecular formula is C24H31N3O5S. The summed E-state index contributed by atoms with van der Waals surface area (Å²) >= 11 is 0. The van der Waals surface area contributed by atoms with Gasteiger partial charge in [-0.2, -0.15) is 4.31 Å². The molecule has 1 heterocycles. The Hall–Kier alpha value is -2.75. The number of aryl methyl sites for hydroxylation is 1. The molecule has 3 rings (SSSR count). The quantitative estimate of drug-likeness (QED) is 0.611. The summed E-state index contributed by atoms with van der Waals surface area (Å²) in [6.07, 6.45) is 0. The summed E-state index contributed by atoms with van der Waals surface area (Å²) in [7, 11) is -3.73. The zero-order valence-corrected chi connectivity index (χ0v) is 20.0. The summed E-state index contributed by atoms with van der Waals surface area (Å²) in [4.78, 5) is 25.8. The van der Waals surface area contributed by atoms with Gasteiger partial charge in [0.1, 0.15) is 6.04 Å². The highest BCUT2D eigenvalue weighted by atomic mass is 32.2. The minimum Gasteiger partial charge on any atom is -0.379 e. The Kier molecular flexibility index (Phi) is 8.23. The fourth-order valence-corrected chi connectivity index (χ4v) is 5.05. The number of carbonyl (C=O) groups is 2. The van der Waals surface area contributed by atoms with Crippen LogP contribution in [0.5, 0.6) is 0 Å². The molecule has 1 atom stereocenters. The molecule has 2 N–H and O–H groups in total. The van der Waals surface area contributed by atoms with Gasteiger partial charge in [-0.3, -0.25) is 9.59 Å². The number of hydrogen-bond donors (Lipinski definition) is 2. The van der Waals surface area contributed by atoms with E-state index in [1.165, 1.54) is 28.6 Å². The summed E-state index contributed by atoms with van der Waals surface area (Å²) in [5, 5.41) is 5.65. The van der Waals surface area contributed by atoms with E-state index in [1.54, 1.807) is 0 Å². The van der Waals surface area contributed by atoms with Gasteiger partial charge < -0.3 is 15.4 Å². The smallest absolute Gasteiger partial charge is 0.251 e. The Morgan fingerprint density at radius 1 is 1.06 bits per heavy atom. The topological polar surface area (TPSA) is 105 Å². The number of hydrogen-bond acceptors (Lipinski definition) is 5. The van der Waals surface area contributed by atoms with Gasteiger partial charge in [-0.1, -0.05) is 44.2 Å². The van der Waals surface area contributed by atoms with Gasteiger partial charge in [0.2, 0.25) is 15.9 Å². The molecule has 9 heteroatoms. The number of ether oxygens (including phenoxy) is 1. The Morgan fingerprint density at radius 3 is 2.42 bits per heavy atom. The lowest BCUT2D eigenvalue weighted by Crippen LogP contribution is -2.49. The molecule has 0 bridgehead atoms. The first-order chi connectivity index (χ1) is 15.7. The Labute approximate surface area is 195 Å². The van der Waals surface area contributed by atoms with Crippen molar-refractivity contribution in [1.29, 1.82) is 0 Å². The summed E-state index contributed by atoms with van der Waals surface area (Å²) in [5.41, 5.74) is 2.25. The van der Waals surface area contributed by atoms with E-state index in [9.17, 15) is 18.0 Å². The zero-order valence-electron chi connectivity index (χ0n) is 19.2. The Balaban J connectivity index is 1.70. The molecule has 2 aromatic rings. The molecule has 2 amide bonds. The van der Waals surface area contributed by atoms with E-state index >= 15 is 0 Å². The van der Waals surface area contributed by atoms with Gasteiger partial charge >= 0.3 is 0 Å². The van der Waals surface area contributed by atoms with Gasteiger partial charge in [-0.05, 0) is 42.2 Å². The minimum absolute atomic E-state index is 0.0437. The highest BCUT2D eigenvalue weighted by Gasteiger charge is 2.28. The number of nitrogens with one attached hydrogen (secondary N) is 2. The first-order valence-corrected chi connectivity index (χ1v) is 12.4. The lowest BCUT2D eigenvalue weighted by atomic mass is 10.0. The normalized spacial score (nSPS) is 15.8. The molecule has 1 saturated heterocycles. The summed E-state index contributed by atoms with van der Waals surface area (Å²) < 4.78 is 32.4. The maximum absolute atomic E-state index is 12.9. The second-order valence-electron chi connectivity index (χ2n) is 8.38. The molecule has 0 aromatic heterocycles. The second-order valence-corrected chi connectivity index (χ2v) is 10.3. The van der Waals surface area contributed by atoms with Gasteiger partial charge in [0.05, 0.1) is 18.1 Å². The van der Waals surface area contributed by atoms with E-state index in [0.29, 0.717) is 19.8 Å². The van der Waals surface area contributed by atoms with Crippen molar-refractivity contribution in [2.24, 2.45) is 5.92 Å². The molecule has 0 aliphatic carbocycles. The van der Waals surface area contributed by atoms with Crippen LogP contribution in [-0.4, -0.2) is 56.9 Å². The summed E-state index contributed by atoms with van der Waals surface area (Å²) in [6.45, 7) is 7.25. The van der Waals surface area contributed by atoms with Crippen molar-refractivity contribution in [3.8, 4) is 0 Å². The lowest BCUT2D eigenvalue weighted by molar-refractivity contribution is -0.124. The highest BCUT2D eigenvalue weighted by molar-refractivity contribution is 7.89. The van der Waals surface area contributed by atoms with E-state index in [0.717, 1.165) is 11.1 Å². The minimum atomic E-state index is -3.73. The highest BCUT2D eigenvalue weighted by Crippen LogP contribution is 2.19. The molecular weight excluding hydrogens is 442 g/mol. The van der Waals surface area contributed by atoms with Crippen LogP contribution in [0, 0.1) is 12.8 Å². The second kappa shape index (κ2) is 10.9. The zero-order chi connectivity index (χ0) is 24.0. The van der Waals surface area contributed by atoms with Crippen molar-refractivity contribution in [3.63, 3.8) is 0 Å². The summed E-state index contributed by atoms with van der Waals surface area (Å²) in [6, 6.07) is 12.9. The van der Waals surface area contributed by atoms with Crippen LogP contribution in [0.3, 0.4) is 0 Å². The first kappa shape index (κ1) is 24.9. The van der Waals surface area contributed by atoms with Crippen LogP contribution < -0.4 is 10.6 Å². The third-order valence-electron chi connectivity index (χ3n) is 5.65. The molecule has 1 fully saturated rings. The van der Waals surface area contributed by atoms with Crippen LogP contribution in [0.15, 0.2) is 53.4 Å². The van der Waals surface area contributed by atoms with Crippen molar-refractivity contribution in [2.75, 3.05) is 26.3 Å². The fraction of sp³-hybridized carbons (Fsp3) is 0.417. The SMILES string of the molecule is Cc1ccccc1CNC(=O)[C@@H](NC(=O)c1cccc(S(=O)(=O)N2CCOCC2)c1)C(C)C. The Morgan fingerprint density at radius 2 is 1.76 bits per heavy atom. The molecule has 2 aromatic carbocycles. The Bertz CT molecular complexity index is 1090. The van der Waals surface area contributed by atoms with Crippen LogP contribution in [0.2, 0.25) is 0 Å². The predicted molar refractivity (Wildman–Crippen MR) is 125 cm³/mol. The third kappa shape index (κ3) is 6.19. The largest absolute Gasteiger partial charge is 0.379 e. The van der Waals surface area contributed by atoms with E-state index in [-0.39, 0.29) is 35.4 Å². The van der Waals surface area contributed by atoms with Gasteiger partial charge in [0.25, 0.3) is 5.91 Å². The first-order valence-electron chi connectivity index (χ1n) is 11.0. The van der Waals surface area contributed by atoms with Gasteiger partial charge in [-0.25, -0.2) is 8.42 Å². The van der Waals surface area contributed by atoms with Crippen molar-refractivity contribution >= 4 is 21.8 Å². The number of sulfonamides is 1. The average Bonchev–Trinajstić information content (AvgIpc) is 2.82. The maximum Gasteiger partial charge on any atom is 0.251 e. The van der Waals surface area contributed by atoms with Crippen LogP contribution in [0.1, 0.15) is 35.3 Å². The van der Waals surface area contributed by atoms with Crippen LogP contribution in [0.4, 0.5) is 0 Å². The van der Waals surface area contributed by atoms with Crippen LogP contribution in [0.25, 0.3) is 0 Å².